The van der Waals surface area contributed by atoms with Gasteiger partial charge in [0.05, 0.1) is 25.7 Å². The van der Waals surface area contributed by atoms with Gasteiger partial charge in [-0.25, -0.2) is 0 Å². The Hall–Kier alpha value is -0.240. The molecule has 3 aliphatic rings. The van der Waals surface area contributed by atoms with Crippen LogP contribution in [0.5, 0.6) is 0 Å². The summed E-state index contributed by atoms with van der Waals surface area (Å²) in [4.78, 5) is 9.36. The summed E-state index contributed by atoms with van der Waals surface area (Å²) < 4.78 is 11.2. The number of fused-ring (bicyclic) bond motifs is 4. The van der Waals surface area contributed by atoms with Crippen LogP contribution in [0, 0.1) is 0 Å². The van der Waals surface area contributed by atoms with Crippen molar-refractivity contribution in [1.29, 1.82) is 0 Å². The summed E-state index contributed by atoms with van der Waals surface area (Å²) in [5.74, 6) is 0. The van der Waals surface area contributed by atoms with Gasteiger partial charge in [0.2, 0.25) is 0 Å². The Morgan fingerprint density at radius 2 is 1.00 bits per heavy atom. The number of ether oxygens (including phenoxy) is 2. The molecular weight excluding hydrogens is 208 g/mol. The van der Waals surface area contributed by atoms with E-state index in [-0.39, 0.29) is 0 Å². The number of hydrogen-bond acceptors (Lipinski definition) is 6. The van der Waals surface area contributed by atoms with Crippen LogP contribution in [0.25, 0.3) is 0 Å². The van der Waals surface area contributed by atoms with Crippen LogP contribution in [0.3, 0.4) is 0 Å². The largest absolute Gasteiger partial charge is 0.351 e. The van der Waals surface area contributed by atoms with Crippen LogP contribution in [0.15, 0.2) is 0 Å². The molecule has 3 saturated heterocycles. The minimum atomic E-state index is 0.448. The van der Waals surface area contributed by atoms with Crippen LogP contribution < -0.4 is 0 Å². The summed E-state index contributed by atoms with van der Waals surface area (Å²) in [5.41, 5.74) is 0. The molecule has 4 atom stereocenters. The molecule has 0 aromatic heterocycles. The van der Waals surface area contributed by atoms with Crippen molar-refractivity contribution in [3.05, 3.63) is 0 Å². The third-order valence-corrected chi connectivity index (χ3v) is 3.87. The second-order valence-corrected chi connectivity index (χ2v) is 4.83. The number of hydrogen-bond donors (Lipinski definition) is 0. The number of nitrogens with zero attached hydrogens (tertiary/aromatic N) is 4. The molecule has 0 aliphatic carbocycles. The molecule has 6 heteroatoms. The maximum absolute atomic E-state index is 5.60. The van der Waals surface area contributed by atoms with Crippen LogP contribution in [0.2, 0.25) is 0 Å². The zero-order valence-electron chi connectivity index (χ0n) is 10.0. The van der Waals surface area contributed by atoms with Gasteiger partial charge in [-0.1, -0.05) is 0 Å². The lowest BCUT2D eigenvalue weighted by atomic mass is 10.3. The van der Waals surface area contributed by atoms with E-state index in [2.05, 4.69) is 33.4 Å². The average molecular weight is 228 g/mol. The van der Waals surface area contributed by atoms with Gasteiger partial charge in [-0.15, -0.1) is 0 Å². The fourth-order valence-electron chi connectivity index (χ4n) is 2.55. The Bertz CT molecular complexity index is 219. The van der Waals surface area contributed by atoms with Gasteiger partial charge >= 0.3 is 0 Å². The fraction of sp³-hybridized carbons (Fsp3) is 1.00. The van der Waals surface area contributed by atoms with Gasteiger partial charge in [-0.3, -0.25) is 19.6 Å². The maximum Gasteiger partial charge on any atom is 0.103 e. The van der Waals surface area contributed by atoms with E-state index >= 15 is 0 Å². The van der Waals surface area contributed by atoms with E-state index in [1.807, 2.05) is 0 Å². The lowest BCUT2D eigenvalue weighted by Crippen LogP contribution is -2.67. The van der Waals surface area contributed by atoms with E-state index in [0.29, 0.717) is 12.3 Å². The first-order valence-electron chi connectivity index (χ1n) is 5.87. The first-order chi connectivity index (χ1) is 7.75. The molecular formula is C10H20N4O2. The summed E-state index contributed by atoms with van der Waals surface area (Å²) in [6, 6.07) is 0. The van der Waals surface area contributed by atoms with Gasteiger partial charge in [-0.2, -0.15) is 0 Å². The van der Waals surface area contributed by atoms with Gasteiger partial charge in [0.25, 0.3) is 0 Å². The smallest absolute Gasteiger partial charge is 0.103 e. The van der Waals surface area contributed by atoms with E-state index in [0.717, 1.165) is 40.3 Å². The van der Waals surface area contributed by atoms with Gasteiger partial charge in [0, 0.05) is 0 Å². The van der Waals surface area contributed by atoms with Crippen molar-refractivity contribution in [2.24, 2.45) is 0 Å². The normalized spacial score (nSPS) is 52.9. The fourth-order valence-corrected chi connectivity index (χ4v) is 2.55. The standard InChI is InChI=1S/C10H20N4O2/c1-9-11-3-13-7-16-8-14(10(13)2)4-12(9)6-15-5-11/h9-10H,3-8H2,1-2H3. The summed E-state index contributed by atoms with van der Waals surface area (Å²) >= 11 is 0. The van der Waals surface area contributed by atoms with Crippen molar-refractivity contribution < 1.29 is 9.47 Å². The third kappa shape index (κ3) is 1.75. The summed E-state index contributed by atoms with van der Waals surface area (Å²) in [7, 11) is 0. The van der Waals surface area contributed by atoms with Crippen molar-refractivity contribution in [1.82, 2.24) is 19.6 Å². The molecule has 16 heavy (non-hydrogen) atoms. The summed E-state index contributed by atoms with van der Waals surface area (Å²) in [6.07, 6.45) is 0.897. The van der Waals surface area contributed by atoms with E-state index in [4.69, 9.17) is 9.47 Å². The first kappa shape index (κ1) is 10.9. The summed E-state index contributed by atoms with van der Waals surface area (Å²) in [6.45, 7) is 9.21. The van der Waals surface area contributed by atoms with Gasteiger partial charge in [0.15, 0.2) is 0 Å². The SMILES string of the molecule is CC1N2COCN1CN1COCN(C2)C1C. The van der Waals surface area contributed by atoms with Crippen LogP contribution in [0.1, 0.15) is 13.8 Å². The Labute approximate surface area is 96.3 Å². The second-order valence-electron chi connectivity index (χ2n) is 4.83. The molecule has 4 unspecified atom stereocenters. The minimum absolute atomic E-state index is 0.448. The van der Waals surface area contributed by atoms with Crippen molar-refractivity contribution in [3.63, 3.8) is 0 Å². The highest BCUT2D eigenvalue weighted by Gasteiger charge is 2.36. The van der Waals surface area contributed by atoms with E-state index < -0.39 is 0 Å². The first-order valence-corrected chi connectivity index (χ1v) is 5.87. The van der Waals surface area contributed by atoms with Crippen molar-refractivity contribution in [2.45, 2.75) is 26.2 Å². The molecule has 0 amide bonds. The molecule has 0 radical (unpaired) electrons. The monoisotopic (exact) mass is 228 g/mol. The van der Waals surface area contributed by atoms with E-state index in [1.165, 1.54) is 0 Å². The molecule has 0 N–H and O–H groups in total. The molecule has 92 valence electrons. The van der Waals surface area contributed by atoms with Crippen LogP contribution in [0.4, 0.5) is 0 Å². The van der Waals surface area contributed by atoms with Gasteiger partial charge < -0.3 is 9.47 Å². The van der Waals surface area contributed by atoms with Crippen molar-refractivity contribution in [2.75, 3.05) is 40.3 Å². The quantitative estimate of drug-likeness (QED) is 0.566. The molecule has 0 aromatic rings. The molecule has 0 spiro atoms. The highest BCUT2D eigenvalue weighted by atomic mass is 16.5. The molecule has 3 fully saturated rings. The van der Waals surface area contributed by atoms with E-state index in [1.54, 1.807) is 0 Å². The zero-order valence-corrected chi connectivity index (χ0v) is 10.0. The average Bonchev–Trinajstić information content (AvgIpc) is 2.27. The zero-order chi connectivity index (χ0) is 11.1. The van der Waals surface area contributed by atoms with Crippen LogP contribution in [-0.4, -0.2) is 72.2 Å². The molecule has 6 nitrogen and oxygen atoms in total. The third-order valence-electron chi connectivity index (χ3n) is 3.87. The molecule has 3 aliphatic heterocycles. The van der Waals surface area contributed by atoms with Crippen LogP contribution in [-0.2, 0) is 9.47 Å². The van der Waals surface area contributed by atoms with Crippen molar-refractivity contribution >= 4 is 0 Å². The topological polar surface area (TPSA) is 31.4 Å². The summed E-state index contributed by atoms with van der Waals surface area (Å²) in [5, 5.41) is 0. The molecule has 0 saturated carbocycles. The second kappa shape index (κ2) is 4.21. The Kier molecular flexibility index (Phi) is 2.87. The highest BCUT2D eigenvalue weighted by Crippen LogP contribution is 2.22. The van der Waals surface area contributed by atoms with Gasteiger partial charge in [-0.05, 0) is 13.8 Å². The van der Waals surface area contributed by atoms with Gasteiger partial charge in [0.1, 0.15) is 26.9 Å². The molecule has 4 bridgehead atoms. The number of rotatable bonds is 0. The molecule has 3 heterocycles. The highest BCUT2D eigenvalue weighted by molar-refractivity contribution is 4.78. The minimum Gasteiger partial charge on any atom is -0.351 e. The lowest BCUT2D eigenvalue weighted by Gasteiger charge is -2.52. The Morgan fingerprint density at radius 3 is 1.31 bits per heavy atom. The molecule has 3 rings (SSSR count). The van der Waals surface area contributed by atoms with Crippen LogP contribution >= 0.6 is 0 Å². The Morgan fingerprint density at radius 1 is 0.688 bits per heavy atom. The Balaban J connectivity index is 1.82. The predicted octanol–water partition coefficient (Wildman–Crippen LogP) is -0.295. The molecule has 0 aromatic carbocycles. The van der Waals surface area contributed by atoms with E-state index in [9.17, 15) is 0 Å². The lowest BCUT2D eigenvalue weighted by molar-refractivity contribution is -0.251. The van der Waals surface area contributed by atoms with Crippen molar-refractivity contribution in [3.8, 4) is 0 Å². The maximum atomic E-state index is 5.60. The predicted molar refractivity (Wildman–Crippen MR) is 57.7 cm³/mol.